The molecule has 110 valence electrons. The molecule has 0 fully saturated rings. The van der Waals surface area contributed by atoms with Crippen molar-refractivity contribution < 1.29 is 14.7 Å². The average Bonchev–Trinajstić information content (AvgIpc) is 2.38. The molecule has 1 aromatic rings. The first-order valence-electron chi connectivity index (χ1n) is 6.73. The number of aliphatic carboxylic acids is 1. The van der Waals surface area contributed by atoms with Gasteiger partial charge in [0.15, 0.2) is 0 Å². The van der Waals surface area contributed by atoms with Gasteiger partial charge in [0.05, 0.1) is 6.54 Å². The van der Waals surface area contributed by atoms with Gasteiger partial charge in [-0.15, -0.1) is 0 Å². The van der Waals surface area contributed by atoms with Crippen molar-refractivity contribution in [2.45, 2.75) is 20.4 Å². The molecule has 2 N–H and O–H groups in total. The molecule has 0 spiro atoms. The maximum atomic E-state index is 12.0. The van der Waals surface area contributed by atoms with E-state index in [9.17, 15) is 9.59 Å². The number of carbonyl (C=O) groups excluding carboxylic acids is 1. The molecule has 0 saturated carbocycles. The fourth-order valence-electron chi connectivity index (χ4n) is 1.88. The molecule has 1 rings (SSSR count). The molecule has 0 aliphatic heterocycles. The Bertz CT molecular complexity index is 432. The molecule has 0 bridgehead atoms. The molecule has 5 heteroatoms. The summed E-state index contributed by atoms with van der Waals surface area (Å²) in [6, 6.07) is 9.76. The molecular formula is C15H22N2O3. The summed E-state index contributed by atoms with van der Waals surface area (Å²) in [6.45, 7) is 4.87. The standard InChI is InChI=1S/C15H22N2O3/c1-12(2)10-17(11-15(19)20)14(18)9-16-8-13-6-4-3-5-7-13/h3-7,12,16H,8-11H2,1-2H3,(H,19,20). The van der Waals surface area contributed by atoms with Crippen LogP contribution in [-0.4, -0.2) is 41.5 Å². The molecule has 0 radical (unpaired) electrons. The van der Waals surface area contributed by atoms with Crippen LogP contribution in [0.2, 0.25) is 0 Å². The smallest absolute Gasteiger partial charge is 0.323 e. The minimum absolute atomic E-state index is 0.148. The van der Waals surface area contributed by atoms with Gasteiger partial charge in [-0.2, -0.15) is 0 Å². The van der Waals surface area contributed by atoms with Crippen LogP contribution in [0, 0.1) is 5.92 Å². The number of benzene rings is 1. The van der Waals surface area contributed by atoms with E-state index in [0.29, 0.717) is 13.1 Å². The van der Waals surface area contributed by atoms with Crippen molar-refractivity contribution in [2.24, 2.45) is 5.92 Å². The Kier molecular flexibility index (Phi) is 6.73. The van der Waals surface area contributed by atoms with Crippen LogP contribution < -0.4 is 5.32 Å². The Hall–Kier alpha value is -1.88. The van der Waals surface area contributed by atoms with E-state index in [0.717, 1.165) is 5.56 Å². The summed E-state index contributed by atoms with van der Waals surface area (Å²) in [5.74, 6) is -0.925. The zero-order valence-corrected chi connectivity index (χ0v) is 12.0. The van der Waals surface area contributed by atoms with Crippen molar-refractivity contribution in [3.8, 4) is 0 Å². The average molecular weight is 278 g/mol. The predicted molar refractivity (Wildman–Crippen MR) is 77.2 cm³/mol. The number of carboxylic acid groups (broad SMARTS) is 1. The van der Waals surface area contributed by atoms with Crippen LogP contribution in [0.25, 0.3) is 0 Å². The van der Waals surface area contributed by atoms with Crippen molar-refractivity contribution in [1.29, 1.82) is 0 Å². The fourth-order valence-corrected chi connectivity index (χ4v) is 1.88. The monoisotopic (exact) mass is 278 g/mol. The largest absolute Gasteiger partial charge is 0.480 e. The van der Waals surface area contributed by atoms with Gasteiger partial charge in [0.25, 0.3) is 0 Å². The van der Waals surface area contributed by atoms with Gasteiger partial charge in [-0.05, 0) is 11.5 Å². The molecule has 0 aliphatic rings. The fraction of sp³-hybridized carbons (Fsp3) is 0.467. The first kappa shape index (κ1) is 16.2. The van der Waals surface area contributed by atoms with Gasteiger partial charge < -0.3 is 15.3 Å². The van der Waals surface area contributed by atoms with Crippen LogP contribution in [0.1, 0.15) is 19.4 Å². The number of nitrogens with one attached hydrogen (secondary N) is 1. The van der Waals surface area contributed by atoms with E-state index < -0.39 is 5.97 Å². The van der Waals surface area contributed by atoms with Crippen molar-refractivity contribution in [1.82, 2.24) is 10.2 Å². The quantitative estimate of drug-likeness (QED) is 0.753. The number of amides is 1. The highest BCUT2D eigenvalue weighted by molar-refractivity contribution is 5.82. The number of rotatable bonds is 8. The number of carboxylic acids is 1. The van der Waals surface area contributed by atoms with Crippen LogP contribution in [-0.2, 0) is 16.1 Å². The minimum Gasteiger partial charge on any atom is -0.480 e. The zero-order chi connectivity index (χ0) is 15.0. The first-order valence-corrected chi connectivity index (χ1v) is 6.73. The number of hydrogen-bond donors (Lipinski definition) is 2. The molecule has 1 aromatic carbocycles. The predicted octanol–water partition coefficient (Wildman–Crippen LogP) is 1.35. The van der Waals surface area contributed by atoms with Crippen molar-refractivity contribution >= 4 is 11.9 Å². The minimum atomic E-state index is -0.984. The Labute approximate surface area is 119 Å². The zero-order valence-electron chi connectivity index (χ0n) is 12.0. The third-order valence-electron chi connectivity index (χ3n) is 2.71. The summed E-state index contributed by atoms with van der Waals surface area (Å²) >= 11 is 0. The van der Waals surface area contributed by atoms with E-state index in [2.05, 4.69) is 5.32 Å². The molecule has 0 heterocycles. The lowest BCUT2D eigenvalue weighted by Gasteiger charge is -2.22. The number of hydrogen-bond acceptors (Lipinski definition) is 3. The second kappa shape index (κ2) is 8.32. The summed E-state index contributed by atoms with van der Waals surface area (Å²) in [7, 11) is 0. The van der Waals surface area contributed by atoms with Gasteiger partial charge in [0.2, 0.25) is 5.91 Å². The molecule has 5 nitrogen and oxygen atoms in total. The molecule has 0 atom stereocenters. The van der Waals surface area contributed by atoms with Crippen LogP contribution in [0.4, 0.5) is 0 Å². The normalized spacial score (nSPS) is 10.6. The van der Waals surface area contributed by atoms with Crippen LogP contribution in [0.15, 0.2) is 30.3 Å². The molecule has 1 amide bonds. The Morgan fingerprint density at radius 3 is 2.45 bits per heavy atom. The molecule has 0 aromatic heterocycles. The molecular weight excluding hydrogens is 256 g/mol. The second-order valence-electron chi connectivity index (χ2n) is 5.15. The number of carbonyl (C=O) groups is 2. The second-order valence-corrected chi connectivity index (χ2v) is 5.15. The summed E-state index contributed by atoms with van der Waals surface area (Å²) in [4.78, 5) is 24.2. The highest BCUT2D eigenvalue weighted by Crippen LogP contribution is 2.00. The maximum Gasteiger partial charge on any atom is 0.323 e. The van der Waals surface area contributed by atoms with Crippen molar-refractivity contribution in [2.75, 3.05) is 19.6 Å². The summed E-state index contributed by atoms with van der Waals surface area (Å²) < 4.78 is 0. The van der Waals surface area contributed by atoms with Crippen molar-refractivity contribution in [3.05, 3.63) is 35.9 Å². The SMILES string of the molecule is CC(C)CN(CC(=O)O)C(=O)CNCc1ccccc1. The molecule has 0 unspecified atom stereocenters. The summed E-state index contributed by atoms with van der Waals surface area (Å²) in [5.41, 5.74) is 1.09. The van der Waals surface area contributed by atoms with E-state index in [-0.39, 0.29) is 24.9 Å². The highest BCUT2D eigenvalue weighted by Gasteiger charge is 2.17. The lowest BCUT2D eigenvalue weighted by Crippen LogP contribution is -2.42. The first-order chi connectivity index (χ1) is 9.49. The van der Waals surface area contributed by atoms with Gasteiger partial charge in [0.1, 0.15) is 6.54 Å². The van der Waals surface area contributed by atoms with Crippen LogP contribution in [0.5, 0.6) is 0 Å². The maximum absolute atomic E-state index is 12.0. The Balaban J connectivity index is 2.43. The van der Waals surface area contributed by atoms with Crippen molar-refractivity contribution in [3.63, 3.8) is 0 Å². The van der Waals surface area contributed by atoms with Gasteiger partial charge in [-0.3, -0.25) is 9.59 Å². The lowest BCUT2D eigenvalue weighted by molar-refractivity contribution is -0.144. The Morgan fingerprint density at radius 1 is 1.25 bits per heavy atom. The lowest BCUT2D eigenvalue weighted by atomic mass is 10.2. The molecule has 0 aliphatic carbocycles. The summed E-state index contributed by atoms with van der Waals surface area (Å²) in [6.07, 6.45) is 0. The van der Waals surface area contributed by atoms with Gasteiger partial charge >= 0.3 is 5.97 Å². The molecule has 0 saturated heterocycles. The van der Waals surface area contributed by atoms with Gasteiger partial charge in [-0.25, -0.2) is 0 Å². The number of nitrogens with zero attached hydrogens (tertiary/aromatic N) is 1. The van der Waals surface area contributed by atoms with E-state index in [1.165, 1.54) is 4.90 Å². The van der Waals surface area contributed by atoms with Gasteiger partial charge in [-0.1, -0.05) is 44.2 Å². The third-order valence-corrected chi connectivity index (χ3v) is 2.71. The van der Waals surface area contributed by atoms with Crippen LogP contribution in [0.3, 0.4) is 0 Å². The van der Waals surface area contributed by atoms with Crippen LogP contribution >= 0.6 is 0 Å². The third kappa shape index (κ3) is 6.33. The van der Waals surface area contributed by atoms with E-state index >= 15 is 0 Å². The van der Waals surface area contributed by atoms with E-state index in [1.807, 2.05) is 44.2 Å². The van der Waals surface area contributed by atoms with Gasteiger partial charge in [0, 0.05) is 13.1 Å². The van der Waals surface area contributed by atoms with E-state index in [1.54, 1.807) is 0 Å². The summed E-state index contributed by atoms with van der Waals surface area (Å²) in [5, 5.41) is 11.9. The van der Waals surface area contributed by atoms with E-state index in [4.69, 9.17) is 5.11 Å². The molecule has 20 heavy (non-hydrogen) atoms. The Morgan fingerprint density at radius 2 is 1.90 bits per heavy atom. The highest BCUT2D eigenvalue weighted by atomic mass is 16.4. The topological polar surface area (TPSA) is 69.6 Å².